The number of sulfonamides is 1. The van der Waals surface area contributed by atoms with Gasteiger partial charge in [-0.25, -0.2) is 8.42 Å². The van der Waals surface area contributed by atoms with Crippen LogP contribution in [0.5, 0.6) is 0 Å². The maximum absolute atomic E-state index is 12.9. The minimum absolute atomic E-state index is 0.222. The molecule has 1 heterocycles. The van der Waals surface area contributed by atoms with Gasteiger partial charge in [0.15, 0.2) is 0 Å². The van der Waals surface area contributed by atoms with Crippen molar-refractivity contribution in [2.75, 3.05) is 30.8 Å². The highest BCUT2D eigenvalue weighted by molar-refractivity contribution is 7.92. The number of halogens is 2. The first kappa shape index (κ1) is 21.8. The Morgan fingerprint density at radius 2 is 1.70 bits per heavy atom. The van der Waals surface area contributed by atoms with Gasteiger partial charge in [0.25, 0.3) is 0 Å². The molecule has 1 aromatic carbocycles. The second-order valence-corrected chi connectivity index (χ2v) is 9.22. The van der Waals surface area contributed by atoms with E-state index in [1.165, 1.54) is 32.2 Å². The molecule has 1 amide bonds. The van der Waals surface area contributed by atoms with E-state index in [2.05, 4.69) is 0 Å². The lowest BCUT2D eigenvalue weighted by molar-refractivity contribution is -0.149. The third-order valence-corrected chi connectivity index (χ3v) is 6.19. The summed E-state index contributed by atoms with van der Waals surface area (Å²) in [7, 11) is -2.43. The Bertz CT molecular complexity index is 802. The number of benzene rings is 1. The van der Waals surface area contributed by atoms with Gasteiger partial charge in [-0.15, -0.1) is 0 Å². The molecule has 0 N–H and O–H groups in total. The van der Waals surface area contributed by atoms with E-state index in [0.29, 0.717) is 25.9 Å². The smallest absolute Gasteiger partial charge is 0.308 e. The zero-order chi connectivity index (χ0) is 20.4. The molecule has 1 aromatic rings. The molecule has 1 aliphatic heterocycles. The first-order valence-corrected chi connectivity index (χ1v) is 11.0. The first-order chi connectivity index (χ1) is 12.5. The van der Waals surface area contributed by atoms with E-state index in [4.69, 9.17) is 27.9 Å². The number of hydrogen-bond acceptors (Lipinski definition) is 5. The Kier molecular flexibility index (Phi) is 6.99. The number of anilines is 1. The molecule has 0 bridgehead atoms. The predicted octanol–water partition coefficient (Wildman–Crippen LogP) is 2.56. The van der Waals surface area contributed by atoms with Gasteiger partial charge >= 0.3 is 5.97 Å². The van der Waals surface area contributed by atoms with Crippen molar-refractivity contribution in [1.82, 2.24) is 4.90 Å². The van der Waals surface area contributed by atoms with Crippen molar-refractivity contribution in [2.45, 2.75) is 25.8 Å². The number of rotatable bonds is 5. The minimum atomic E-state index is -3.77. The molecule has 7 nitrogen and oxygen atoms in total. The summed E-state index contributed by atoms with van der Waals surface area (Å²) in [5, 5.41) is 0.536. The summed E-state index contributed by atoms with van der Waals surface area (Å²) in [4.78, 5) is 26.1. The fourth-order valence-corrected chi connectivity index (χ4v) is 4.90. The highest BCUT2D eigenvalue weighted by atomic mass is 35.5. The number of nitrogens with zero attached hydrogens (tertiary/aromatic N) is 2. The maximum atomic E-state index is 12.9. The number of esters is 1. The van der Waals surface area contributed by atoms with Crippen LogP contribution in [0.2, 0.25) is 10.0 Å². The van der Waals surface area contributed by atoms with Crippen molar-refractivity contribution in [2.24, 2.45) is 5.92 Å². The van der Waals surface area contributed by atoms with E-state index in [9.17, 15) is 18.0 Å². The minimum Gasteiger partial charge on any atom is -0.469 e. The van der Waals surface area contributed by atoms with E-state index in [1.807, 2.05) is 0 Å². The third kappa shape index (κ3) is 5.27. The number of amides is 1. The zero-order valence-electron chi connectivity index (χ0n) is 15.3. The number of methoxy groups -OCH3 is 1. The van der Waals surface area contributed by atoms with E-state index >= 15 is 0 Å². The average Bonchev–Trinajstić information content (AvgIpc) is 2.58. The van der Waals surface area contributed by atoms with E-state index < -0.39 is 16.1 Å². The molecule has 10 heteroatoms. The summed E-state index contributed by atoms with van der Waals surface area (Å²) in [5.41, 5.74) is 0.222. The van der Waals surface area contributed by atoms with Gasteiger partial charge in [-0.2, -0.15) is 0 Å². The number of hydrogen-bond donors (Lipinski definition) is 0. The van der Waals surface area contributed by atoms with Crippen LogP contribution in [-0.2, 0) is 24.3 Å². The summed E-state index contributed by atoms with van der Waals surface area (Å²) in [5.74, 6) is -0.881. The van der Waals surface area contributed by atoms with Crippen LogP contribution in [0.3, 0.4) is 0 Å². The van der Waals surface area contributed by atoms with E-state index in [1.54, 1.807) is 4.90 Å². The van der Waals surface area contributed by atoms with Crippen molar-refractivity contribution >= 4 is 50.8 Å². The van der Waals surface area contributed by atoms with Gasteiger partial charge in [0.1, 0.15) is 6.04 Å². The second-order valence-electron chi connectivity index (χ2n) is 6.49. The zero-order valence-corrected chi connectivity index (χ0v) is 17.6. The van der Waals surface area contributed by atoms with Crippen LogP contribution in [0, 0.1) is 5.92 Å². The number of carbonyl (C=O) groups is 2. The summed E-state index contributed by atoms with van der Waals surface area (Å²) in [6.07, 6.45) is 1.98. The topological polar surface area (TPSA) is 84.0 Å². The number of piperidine rings is 1. The Morgan fingerprint density at radius 3 is 2.15 bits per heavy atom. The summed E-state index contributed by atoms with van der Waals surface area (Å²) >= 11 is 12.0. The normalized spacial score (nSPS) is 16.7. The van der Waals surface area contributed by atoms with Gasteiger partial charge in [0.05, 0.1) is 25.0 Å². The molecule has 0 aromatic heterocycles. The van der Waals surface area contributed by atoms with E-state index in [0.717, 1.165) is 10.6 Å². The van der Waals surface area contributed by atoms with Crippen LogP contribution in [0.15, 0.2) is 18.2 Å². The van der Waals surface area contributed by atoms with Crippen LogP contribution in [0.4, 0.5) is 5.69 Å². The highest BCUT2D eigenvalue weighted by Crippen LogP contribution is 2.29. The number of ether oxygens (including phenoxy) is 1. The number of carbonyl (C=O) groups excluding carboxylic acids is 2. The van der Waals surface area contributed by atoms with Gasteiger partial charge in [0, 0.05) is 23.1 Å². The summed E-state index contributed by atoms with van der Waals surface area (Å²) in [6, 6.07) is 3.39. The molecule has 0 spiro atoms. The lowest BCUT2D eigenvalue weighted by Crippen LogP contribution is -2.51. The fourth-order valence-electron chi connectivity index (χ4n) is 3.24. The Balaban J connectivity index is 2.22. The Hall–Kier alpha value is -1.51. The average molecular weight is 437 g/mol. The SMILES string of the molecule is COC(=O)C1CCN(C(=O)[C@H](C)N(c2cc(Cl)cc(Cl)c2)S(C)(=O)=O)CC1. The quantitative estimate of drug-likeness (QED) is 0.662. The first-order valence-electron chi connectivity index (χ1n) is 8.36. The van der Waals surface area contributed by atoms with Crippen LogP contribution >= 0.6 is 23.2 Å². The molecular weight excluding hydrogens is 415 g/mol. The Labute approximate surface area is 169 Å². The highest BCUT2D eigenvalue weighted by Gasteiger charge is 2.35. The molecule has 27 heavy (non-hydrogen) atoms. The van der Waals surface area contributed by atoms with Crippen molar-refractivity contribution in [3.05, 3.63) is 28.2 Å². The number of likely N-dealkylation sites (tertiary alicyclic amines) is 1. The van der Waals surface area contributed by atoms with Crippen molar-refractivity contribution in [3.8, 4) is 0 Å². The maximum Gasteiger partial charge on any atom is 0.308 e. The van der Waals surface area contributed by atoms with E-state index in [-0.39, 0.29) is 33.5 Å². The molecule has 0 unspecified atom stereocenters. The third-order valence-electron chi connectivity index (χ3n) is 4.51. The van der Waals surface area contributed by atoms with Crippen molar-refractivity contribution in [1.29, 1.82) is 0 Å². The van der Waals surface area contributed by atoms with Gasteiger partial charge in [-0.1, -0.05) is 23.2 Å². The monoisotopic (exact) mass is 436 g/mol. The van der Waals surface area contributed by atoms with Gasteiger partial charge in [0.2, 0.25) is 15.9 Å². The molecule has 2 rings (SSSR count). The molecular formula is C17H22Cl2N2O5S. The molecule has 1 aliphatic rings. The summed E-state index contributed by atoms with van der Waals surface area (Å²) in [6.45, 7) is 2.23. The van der Waals surface area contributed by atoms with Crippen molar-refractivity contribution in [3.63, 3.8) is 0 Å². The van der Waals surface area contributed by atoms with Crippen LogP contribution in [-0.4, -0.2) is 57.7 Å². The van der Waals surface area contributed by atoms with Crippen LogP contribution in [0.25, 0.3) is 0 Å². The fraction of sp³-hybridized carbons (Fsp3) is 0.529. The largest absolute Gasteiger partial charge is 0.469 e. The van der Waals surface area contributed by atoms with Gasteiger partial charge < -0.3 is 9.64 Å². The molecule has 0 saturated carbocycles. The lowest BCUT2D eigenvalue weighted by Gasteiger charge is -2.36. The molecule has 1 fully saturated rings. The summed E-state index contributed by atoms with van der Waals surface area (Å²) < 4.78 is 30.5. The van der Waals surface area contributed by atoms with Crippen molar-refractivity contribution < 1.29 is 22.7 Å². The standard InChI is InChI=1S/C17H22Cl2N2O5S/c1-11(16(22)20-6-4-12(5-7-20)17(23)26-2)21(27(3,24)25)15-9-13(18)8-14(19)10-15/h8-12H,4-7H2,1-3H3/t11-/m0/s1. The predicted molar refractivity (Wildman–Crippen MR) is 105 cm³/mol. The molecule has 1 saturated heterocycles. The molecule has 0 aliphatic carbocycles. The van der Waals surface area contributed by atoms with Crippen LogP contribution in [0.1, 0.15) is 19.8 Å². The van der Waals surface area contributed by atoms with Gasteiger partial charge in [-0.3, -0.25) is 13.9 Å². The van der Waals surface area contributed by atoms with Gasteiger partial charge in [-0.05, 0) is 38.0 Å². The Morgan fingerprint density at radius 1 is 1.19 bits per heavy atom. The molecule has 1 atom stereocenters. The lowest BCUT2D eigenvalue weighted by atomic mass is 9.96. The molecule has 150 valence electrons. The second kappa shape index (κ2) is 8.67. The van der Waals surface area contributed by atoms with Crippen LogP contribution < -0.4 is 4.31 Å². The molecule has 0 radical (unpaired) electrons.